The smallest absolute Gasteiger partial charge is 0.124 e. The number of nitrogens with two attached hydrogens (primary N) is 1. The van der Waals surface area contributed by atoms with E-state index < -0.39 is 0 Å². The van der Waals surface area contributed by atoms with Crippen molar-refractivity contribution in [1.82, 2.24) is 9.78 Å². The molecule has 0 radical (unpaired) electrons. The van der Waals surface area contributed by atoms with Crippen molar-refractivity contribution in [2.75, 3.05) is 5.73 Å². The van der Waals surface area contributed by atoms with Gasteiger partial charge in [-0.25, -0.2) is 0 Å². The summed E-state index contributed by atoms with van der Waals surface area (Å²) in [5.74, 6) is 0.747. The molecule has 0 spiro atoms. The molecule has 78 valence electrons. The van der Waals surface area contributed by atoms with Gasteiger partial charge in [0, 0.05) is 19.0 Å². The number of aryl methyl sites for hydroxylation is 2. The fourth-order valence-corrected chi connectivity index (χ4v) is 1.67. The van der Waals surface area contributed by atoms with E-state index in [1.165, 1.54) is 11.1 Å². The molecule has 0 saturated carbocycles. The summed E-state index contributed by atoms with van der Waals surface area (Å²) in [6, 6.07) is 8.44. The molecule has 15 heavy (non-hydrogen) atoms. The van der Waals surface area contributed by atoms with Crippen molar-refractivity contribution >= 4 is 5.82 Å². The van der Waals surface area contributed by atoms with Gasteiger partial charge in [-0.2, -0.15) is 5.10 Å². The van der Waals surface area contributed by atoms with Crippen molar-refractivity contribution < 1.29 is 0 Å². The van der Waals surface area contributed by atoms with Crippen LogP contribution in [0.3, 0.4) is 0 Å². The summed E-state index contributed by atoms with van der Waals surface area (Å²) >= 11 is 0. The lowest BCUT2D eigenvalue weighted by Gasteiger charge is -2.02. The van der Waals surface area contributed by atoms with Crippen molar-refractivity contribution in [3.05, 3.63) is 47.2 Å². The van der Waals surface area contributed by atoms with Crippen LogP contribution in [-0.2, 0) is 13.5 Å². The van der Waals surface area contributed by atoms with Crippen LogP contribution in [0.4, 0.5) is 5.82 Å². The van der Waals surface area contributed by atoms with Gasteiger partial charge < -0.3 is 5.73 Å². The highest BCUT2D eigenvalue weighted by Gasteiger charge is 2.05. The summed E-state index contributed by atoms with van der Waals surface area (Å²) in [7, 11) is 1.86. The van der Waals surface area contributed by atoms with Crippen LogP contribution in [0.5, 0.6) is 0 Å². The third-order valence-electron chi connectivity index (χ3n) is 2.54. The van der Waals surface area contributed by atoms with Gasteiger partial charge in [-0.05, 0) is 12.5 Å². The number of nitrogen functional groups attached to an aromatic ring is 1. The Kier molecular flexibility index (Phi) is 2.46. The van der Waals surface area contributed by atoms with Crippen LogP contribution < -0.4 is 5.73 Å². The quantitative estimate of drug-likeness (QED) is 0.806. The van der Waals surface area contributed by atoms with Crippen LogP contribution in [0.25, 0.3) is 0 Å². The summed E-state index contributed by atoms with van der Waals surface area (Å²) < 4.78 is 1.70. The molecule has 0 bridgehead atoms. The molecule has 1 heterocycles. The molecular formula is C12H15N3. The maximum Gasteiger partial charge on any atom is 0.124 e. The van der Waals surface area contributed by atoms with E-state index in [9.17, 15) is 0 Å². The number of hydrogen-bond donors (Lipinski definition) is 1. The van der Waals surface area contributed by atoms with E-state index in [0.717, 1.165) is 17.8 Å². The molecule has 0 saturated heterocycles. The Balaban J connectivity index is 2.26. The number of nitrogens with zero attached hydrogens (tertiary/aromatic N) is 2. The highest BCUT2D eigenvalue weighted by Crippen LogP contribution is 2.15. The number of benzene rings is 1. The third kappa shape index (κ3) is 2.01. The normalized spacial score (nSPS) is 10.5. The first-order chi connectivity index (χ1) is 7.16. The van der Waals surface area contributed by atoms with E-state index in [4.69, 9.17) is 5.73 Å². The molecule has 0 atom stereocenters. The highest BCUT2D eigenvalue weighted by molar-refractivity contribution is 5.42. The Morgan fingerprint density at radius 3 is 2.80 bits per heavy atom. The van der Waals surface area contributed by atoms with Crippen LogP contribution in [0.1, 0.15) is 16.7 Å². The van der Waals surface area contributed by atoms with Crippen LogP contribution in [-0.4, -0.2) is 9.78 Å². The molecule has 1 aromatic heterocycles. The summed E-state index contributed by atoms with van der Waals surface area (Å²) in [4.78, 5) is 0. The molecule has 2 rings (SSSR count). The molecule has 0 aliphatic rings. The standard InChI is InChI=1S/C12H15N3/c1-9-4-3-5-10(6-9)7-11-8-14-15(2)12(11)13/h3-6,8H,7,13H2,1-2H3. The summed E-state index contributed by atoms with van der Waals surface area (Å²) in [6.45, 7) is 2.09. The van der Waals surface area contributed by atoms with Crippen molar-refractivity contribution in [1.29, 1.82) is 0 Å². The van der Waals surface area contributed by atoms with Gasteiger partial charge in [-0.15, -0.1) is 0 Å². The van der Waals surface area contributed by atoms with Crippen LogP contribution in [0, 0.1) is 6.92 Å². The molecule has 0 aliphatic heterocycles. The van der Waals surface area contributed by atoms with Gasteiger partial charge in [-0.1, -0.05) is 29.8 Å². The topological polar surface area (TPSA) is 43.8 Å². The Morgan fingerprint density at radius 2 is 2.20 bits per heavy atom. The minimum Gasteiger partial charge on any atom is -0.384 e. The largest absolute Gasteiger partial charge is 0.384 e. The Morgan fingerprint density at radius 1 is 1.40 bits per heavy atom. The van der Waals surface area contributed by atoms with E-state index >= 15 is 0 Å². The third-order valence-corrected chi connectivity index (χ3v) is 2.54. The molecule has 1 aromatic carbocycles. The summed E-state index contributed by atoms with van der Waals surface area (Å²) in [6.07, 6.45) is 2.68. The SMILES string of the molecule is Cc1cccc(Cc2cnn(C)c2N)c1. The van der Waals surface area contributed by atoms with Crippen molar-refractivity contribution in [2.24, 2.45) is 7.05 Å². The zero-order chi connectivity index (χ0) is 10.8. The van der Waals surface area contributed by atoms with E-state index in [-0.39, 0.29) is 0 Å². The lowest BCUT2D eigenvalue weighted by atomic mass is 10.1. The molecule has 0 unspecified atom stereocenters. The van der Waals surface area contributed by atoms with Crippen molar-refractivity contribution in [3.8, 4) is 0 Å². The molecule has 2 N–H and O–H groups in total. The van der Waals surface area contributed by atoms with Gasteiger partial charge in [0.2, 0.25) is 0 Å². The Bertz CT molecular complexity index is 471. The number of anilines is 1. The van der Waals surface area contributed by atoms with Gasteiger partial charge >= 0.3 is 0 Å². The zero-order valence-corrected chi connectivity index (χ0v) is 9.07. The number of hydrogen-bond acceptors (Lipinski definition) is 2. The molecule has 0 aliphatic carbocycles. The fraction of sp³-hybridized carbons (Fsp3) is 0.250. The van der Waals surface area contributed by atoms with Gasteiger partial charge in [0.15, 0.2) is 0 Å². The van der Waals surface area contributed by atoms with Gasteiger partial charge in [0.25, 0.3) is 0 Å². The first-order valence-corrected chi connectivity index (χ1v) is 4.98. The van der Waals surface area contributed by atoms with Crippen LogP contribution in [0.15, 0.2) is 30.5 Å². The Labute approximate surface area is 89.5 Å². The van der Waals surface area contributed by atoms with E-state index in [2.05, 4.69) is 36.3 Å². The average Bonchev–Trinajstić information content (AvgIpc) is 2.50. The molecule has 0 amide bonds. The summed E-state index contributed by atoms with van der Waals surface area (Å²) in [5.41, 5.74) is 9.52. The first-order valence-electron chi connectivity index (χ1n) is 4.98. The van der Waals surface area contributed by atoms with Crippen molar-refractivity contribution in [3.63, 3.8) is 0 Å². The van der Waals surface area contributed by atoms with E-state index in [0.29, 0.717) is 0 Å². The van der Waals surface area contributed by atoms with Gasteiger partial charge in [0.05, 0.1) is 6.20 Å². The second-order valence-corrected chi connectivity index (χ2v) is 3.84. The molecular weight excluding hydrogens is 186 g/mol. The fourth-order valence-electron chi connectivity index (χ4n) is 1.67. The Hall–Kier alpha value is -1.77. The second kappa shape index (κ2) is 3.77. The minimum absolute atomic E-state index is 0.747. The van der Waals surface area contributed by atoms with Crippen LogP contribution in [0.2, 0.25) is 0 Å². The number of aromatic nitrogens is 2. The molecule has 2 aromatic rings. The van der Waals surface area contributed by atoms with Crippen molar-refractivity contribution in [2.45, 2.75) is 13.3 Å². The van der Waals surface area contributed by atoms with Crippen LogP contribution >= 0.6 is 0 Å². The summed E-state index contributed by atoms with van der Waals surface area (Å²) in [5, 5.41) is 4.13. The molecule has 3 nitrogen and oxygen atoms in total. The number of rotatable bonds is 2. The van der Waals surface area contributed by atoms with E-state index in [1.807, 2.05) is 13.2 Å². The van der Waals surface area contributed by atoms with Gasteiger partial charge in [-0.3, -0.25) is 4.68 Å². The maximum atomic E-state index is 5.89. The first kappa shape index (κ1) is 9.77. The maximum absolute atomic E-state index is 5.89. The lowest BCUT2D eigenvalue weighted by molar-refractivity contribution is 0.778. The monoisotopic (exact) mass is 201 g/mol. The molecule has 0 fully saturated rings. The van der Waals surface area contributed by atoms with Gasteiger partial charge in [0.1, 0.15) is 5.82 Å². The predicted octanol–water partition coefficient (Wildman–Crippen LogP) is 1.90. The average molecular weight is 201 g/mol. The minimum atomic E-state index is 0.747. The zero-order valence-electron chi connectivity index (χ0n) is 9.07. The predicted molar refractivity (Wildman–Crippen MR) is 61.6 cm³/mol. The van der Waals surface area contributed by atoms with E-state index in [1.54, 1.807) is 4.68 Å². The highest BCUT2D eigenvalue weighted by atomic mass is 15.3. The molecule has 3 heteroatoms. The second-order valence-electron chi connectivity index (χ2n) is 3.84. The lowest BCUT2D eigenvalue weighted by Crippen LogP contribution is -2.00.